The molecule has 0 aromatic heterocycles. The first-order chi connectivity index (χ1) is 8.24. The van der Waals surface area contributed by atoms with Crippen LogP contribution in [0.25, 0.3) is 0 Å². The SMILES string of the molecule is CCOC(=O)C=C[C@H]1COC2(CCCCC2)O1. The average molecular weight is 240 g/mol. The number of rotatable bonds is 3. The Morgan fingerprint density at radius 2 is 2.18 bits per heavy atom. The van der Waals surface area contributed by atoms with Crippen LogP contribution in [0.3, 0.4) is 0 Å². The van der Waals surface area contributed by atoms with Gasteiger partial charge in [0.05, 0.1) is 13.2 Å². The van der Waals surface area contributed by atoms with Crippen LogP contribution in [-0.2, 0) is 19.0 Å². The number of ether oxygens (including phenoxy) is 3. The lowest BCUT2D eigenvalue weighted by Crippen LogP contribution is -2.33. The lowest BCUT2D eigenvalue weighted by Gasteiger charge is -2.31. The Morgan fingerprint density at radius 1 is 1.41 bits per heavy atom. The van der Waals surface area contributed by atoms with E-state index in [1.807, 2.05) is 0 Å². The second-order valence-electron chi connectivity index (χ2n) is 4.55. The van der Waals surface area contributed by atoms with Crippen LogP contribution in [0.2, 0.25) is 0 Å². The van der Waals surface area contributed by atoms with Crippen LogP contribution in [0.4, 0.5) is 0 Å². The van der Waals surface area contributed by atoms with Crippen LogP contribution in [0.1, 0.15) is 39.0 Å². The van der Waals surface area contributed by atoms with Crippen LogP contribution >= 0.6 is 0 Å². The van der Waals surface area contributed by atoms with E-state index in [1.165, 1.54) is 12.5 Å². The minimum atomic E-state index is -0.373. The van der Waals surface area contributed by atoms with Crippen molar-refractivity contribution in [1.29, 1.82) is 0 Å². The van der Waals surface area contributed by atoms with Crippen molar-refractivity contribution in [3.8, 4) is 0 Å². The van der Waals surface area contributed by atoms with Gasteiger partial charge in [0.25, 0.3) is 0 Å². The van der Waals surface area contributed by atoms with Gasteiger partial charge in [-0.05, 0) is 25.8 Å². The van der Waals surface area contributed by atoms with E-state index >= 15 is 0 Å². The third kappa shape index (κ3) is 3.30. The molecule has 1 atom stereocenters. The maximum absolute atomic E-state index is 11.2. The molecule has 0 N–H and O–H groups in total. The molecule has 4 nitrogen and oxygen atoms in total. The summed E-state index contributed by atoms with van der Waals surface area (Å²) in [6.07, 6.45) is 8.58. The molecule has 1 saturated carbocycles. The molecule has 0 bridgehead atoms. The third-order valence-electron chi connectivity index (χ3n) is 3.23. The highest BCUT2D eigenvalue weighted by Crippen LogP contribution is 2.37. The Hall–Kier alpha value is -0.870. The van der Waals surface area contributed by atoms with E-state index in [-0.39, 0.29) is 17.9 Å². The maximum Gasteiger partial charge on any atom is 0.330 e. The van der Waals surface area contributed by atoms with Gasteiger partial charge in [0.15, 0.2) is 5.79 Å². The predicted octanol–water partition coefficient (Wildman–Crippen LogP) is 2.18. The summed E-state index contributed by atoms with van der Waals surface area (Å²) in [6.45, 7) is 2.73. The Balaban J connectivity index is 1.83. The highest BCUT2D eigenvalue weighted by molar-refractivity contribution is 5.81. The van der Waals surface area contributed by atoms with Crippen molar-refractivity contribution in [2.24, 2.45) is 0 Å². The predicted molar refractivity (Wildman–Crippen MR) is 62.4 cm³/mol. The molecule has 2 rings (SSSR count). The fraction of sp³-hybridized carbons (Fsp3) is 0.769. The molecule has 1 saturated heterocycles. The van der Waals surface area contributed by atoms with E-state index in [0.29, 0.717) is 13.2 Å². The van der Waals surface area contributed by atoms with Crippen molar-refractivity contribution >= 4 is 5.97 Å². The van der Waals surface area contributed by atoms with Gasteiger partial charge < -0.3 is 14.2 Å². The van der Waals surface area contributed by atoms with Crippen molar-refractivity contribution in [2.75, 3.05) is 13.2 Å². The first kappa shape index (κ1) is 12.6. The standard InChI is InChI=1S/C13H20O4/c1-2-15-12(14)7-6-11-10-16-13(17-11)8-4-3-5-9-13/h6-7,11H,2-5,8-10H2,1H3/t11-/m0/s1. The highest BCUT2D eigenvalue weighted by Gasteiger charge is 2.41. The van der Waals surface area contributed by atoms with E-state index in [9.17, 15) is 4.79 Å². The van der Waals surface area contributed by atoms with Crippen LogP contribution in [0, 0.1) is 0 Å². The minimum absolute atomic E-state index is 0.113. The van der Waals surface area contributed by atoms with Crippen LogP contribution in [-0.4, -0.2) is 31.1 Å². The average Bonchev–Trinajstić information content (AvgIpc) is 2.71. The zero-order chi connectivity index (χ0) is 12.1. The molecule has 2 aliphatic rings. The Morgan fingerprint density at radius 3 is 2.88 bits per heavy atom. The normalized spacial score (nSPS) is 27.7. The molecule has 2 fully saturated rings. The summed E-state index contributed by atoms with van der Waals surface area (Å²) >= 11 is 0. The fourth-order valence-corrected chi connectivity index (χ4v) is 2.40. The molecule has 17 heavy (non-hydrogen) atoms. The van der Waals surface area contributed by atoms with E-state index in [0.717, 1.165) is 25.7 Å². The summed E-state index contributed by atoms with van der Waals surface area (Å²) in [6, 6.07) is 0. The highest BCUT2D eigenvalue weighted by atomic mass is 16.7. The van der Waals surface area contributed by atoms with Gasteiger partial charge in [-0.1, -0.05) is 6.42 Å². The van der Waals surface area contributed by atoms with Gasteiger partial charge in [-0.2, -0.15) is 0 Å². The van der Waals surface area contributed by atoms with Gasteiger partial charge in [-0.3, -0.25) is 0 Å². The zero-order valence-corrected chi connectivity index (χ0v) is 10.3. The topological polar surface area (TPSA) is 44.8 Å². The molecule has 1 aliphatic carbocycles. The first-order valence-corrected chi connectivity index (χ1v) is 6.41. The van der Waals surface area contributed by atoms with Crippen molar-refractivity contribution in [2.45, 2.75) is 50.9 Å². The molecule has 1 spiro atoms. The number of hydrogen-bond acceptors (Lipinski definition) is 4. The van der Waals surface area contributed by atoms with Crippen LogP contribution in [0.5, 0.6) is 0 Å². The number of carbonyl (C=O) groups excluding carboxylic acids is 1. The lowest BCUT2D eigenvalue weighted by molar-refractivity contribution is -0.183. The Bertz CT molecular complexity index is 292. The second kappa shape index (κ2) is 5.65. The van der Waals surface area contributed by atoms with Gasteiger partial charge in [-0.25, -0.2) is 4.79 Å². The molecule has 0 radical (unpaired) electrons. The first-order valence-electron chi connectivity index (χ1n) is 6.41. The fourth-order valence-electron chi connectivity index (χ4n) is 2.40. The molecule has 0 aromatic carbocycles. The smallest absolute Gasteiger partial charge is 0.330 e. The van der Waals surface area contributed by atoms with Crippen LogP contribution < -0.4 is 0 Å². The number of hydrogen-bond donors (Lipinski definition) is 0. The van der Waals surface area contributed by atoms with Gasteiger partial charge in [-0.15, -0.1) is 0 Å². The number of carbonyl (C=O) groups is 1. The van der Waals surface area contributed by atoms with Crippen molar-refractivity contribution in [3.63, 3.8) is 0 Å². The lowest BCUT2D eigenvalue weighted by atomic mass is 9.94. The third-order valence-corrected chi connectivity index (χ3v) is 3.23. The van der Waals surface area contributed by atoms with Gasteiger partial charge >= 0.3 is 5.97 Å². The summed E-state index contributed by atoms with van der Waals surface area (Å²) in [5.74, 6) is -0.692. The summed E-state index contributed by atoms with van der Waals surface area (Å²) in [4.78, 5) is 11.2. The largest absolute Gasteiger partial charge is 0.463 e. The molecule has 1 heterocycles. The van der Waals surface area contributed by atoms with Crippen molar-refractivity contribution < 1.29 is 19.0 Å². The maximum atomic E-state index is 11.2. The molecule has 0 unspecified atom stereocenters. The summed E-state index contributed by atoms with van der Waals surface area (Å²) in [7, 11) is 0. The molecule has 1 aliphatic heterocycles. The van der Waals surface area contributed by atoms with Crippen molar-refractivity contribution in [1.82, 2.24) is 0 Å². The summed E-state index contributed by atoms with van der Waals surface area (Å²) in [5.41, 5.74) is 0. The Labute approximate surface area is 102 Å². The quantitative estimate of drug-likeness (QED) is 0.560. The molecule has 0 amide bonds. The Kier molecular flexibility index (Phi) is 4.18. The van der Waals surface area contributed by atoms with Crippen molar-refractivity contribution in [3.05, 3.63) is 12.2 Å². The van der Waals surface area contributed by atoms with Gasteiger partial charge in [0.1, 0.15) is 6.10 Å². The van der Waals surface area contributed by atoms with Gasteiger partial charge in [0.2, 0.25) is 0 Å². The van der Waals surface area contributed by atoms with E-state index < -0.39 is 0 Å². The van der Waals surface area contributed by atoms with E-state index in [2.05, 4.69) is 0 Å². The summed E-state index contributed by atoms with van der Waals surface area (Å²) < 4.78 is 16.5. The van der Waals surface area contributed by atoms with Gasteiger partial charge in [0, 0.05) is 18.9 Å². The molecule has 4 heteroatoms. The van der Waals surface area contributed by atoms with Crippen LogP contribution in [0.15, 0.2) is 12.2 Å². The summed E-state index contributed by atoms with van der Waals surface area (Å²) in [5, 5.41) is 0. The van der Waals surface area contributed by atoms with E-state index in [1.54, 1.807) is 13.0 Å². The zero-order valence-electron chi connectivity index (χ0n) is 10.3. The molecule has 0 aromatic rings. The molecule has 96 valence electrons. The minimum Gasteiger partial charge on any atom is -0.463 e. The van der Waals surface area contributed by atoms with E-state index in [4.69, 9.17) is 14.2 Å². The molecular formula is C13H20O4. The molecular weight excluding hydrogens is 220 g/mol. The number of esters is 1. The monoisotopic (exact) mass is 240 g/mol. The second-order valence-corrected chi connectivity index (χ2v) is 4.55.